The van der Waals surface area contributed by atoms with Crippen LogP contribution in [0.4, 0.5) is 11.4 Å². The van der Waals surface area contributed by atoms with Gasteiger partial charge in [0.2, 0.25) is 0 Å². The molecule has 0 radical (unpaired) electrons. The molecule has 0 atom stereocenters. The molecule has 1 aromatic carbocycles. The highest BCUT2D eigenvalue weighted by Crippen LogP contribution is 2.34. The van der Waals surface area contributed by atoms with Gasteiger partial charge in [-0.3, -0.25) is 5.32 Å². The van der Waals surface area contributed by atoms with E-state index in [1.165, 1.54) is 11.8 Å². The van der Waals surface area contributed by atoms with Gasteiger partial charge in [0.05, 0.1) is 15.8 Å². The zero-order valence-corrected chi connectivity index (χ0v) is 17.3. The number of anilines is 1. The number of hydrogen-bond donors (Lipinski definition) is 1. The molecule has 0 saturated carbocycles. The fraction of sp³-hybridized carbons (Fsp3) is 0.556. The Morgan fingerprint density at radius 3 is 2.58 bits per heavy atom. The monoisotopic (exact) mass is 394 g/mol. The Bertz CT molecular complexity index is 805. The lowest BCUT2D eigenvalue weighted by Gasteiger charge is -2.32. The van der Waals surface area contributed by atoms with Gasteiger partial charge in [0.15, 0.2) is 21.2 Å². The van der Waals surface area contributed by atoms with Crippen LogP contribution in [0.1, 0.15) is 33.6 Å². The Balaban J connectivity index is 2.51. The predicted octanol–water partition coefficient (Wildman–Crippen LogP) is 3.53. The second-order valence-electron chi connectivity index (χ2n) is 6.77. The third kappa shape index (κ3) is 4.71. The molecular weight excluding hydrogens is 368 g/mol. The number of nitriles is 1. The average molecular weight is 395 g/mol. The highest BCUT2D eigenvalue weighted by Gasteiger charge is 2.25. The van der Waals surface area contributed by atoms with Crippen LogP contribution in [0.5, 0.6) is 0 Å². The molecule has 0 spiro atoms. The van der Waals surface area contributed by atoms with Gasteiger partial charge < -0.3 is 4.90 Å². The molecule has 1 fully saturated rings. The van der Waals surface area contributed by atoms with Gasteiger partial charge in [-0.25, -0.2) is 13.4 Å². The molecule has 8 heteroatoms. The molecule has 6 nitrogen and oxygen atoms in total. The van der Waals surface area contributed by atoms with E-state index < -0.39 is 15.1 Å². The van der Waals surface area contributed by atoms with Crippen molar-refractivity contribution in [2.24, 2.45) is 10.9 Å². The SMILES string of the molecule is CSC(=Nc1cc(N2CCC(C)CC2)ccc1S(=O)(=O)C(C)C)NC#N. The van der Waals surface area contributed by atoms with E-state index >= 15 is 0 Å². The number of nitrogens with one attached hydrogen (secondary N) is 1. The minimum absolute atomic E-state index is 0.202. The molecular formula is C18H26N4O2S2. The number of amidine groups is 1. The van der Waals surface area contributed by atoms with Gasteiger partial charge >= 0.3 is 0 Å². The maximum Gasteiger partial charge on any atom is 0.183 e. The Morgan fingerprint density at radius 2 is 2.04 bits per heavy atom. The van der Waals surface area contributed by atoms with Crippen molar-refractivity contribution in [1.29, 1.82) is 5.26 Å². The molecule has 0 unspecified atom stereocenters. The van der Waals surface area contributed by atoms with Crippen molar-refractivity contribution in [3.63, 3.8) is 0 Å². The van der Waals surface area contributed by atoms with Gasteiger partial charge in [-0.2, -0.15) is 5.26 Å². The molecule has 1 saturated heterocycles. The zero-order valence-electron chi connectivity index (χ0n) is 15.7. The molecule has 1 aliphatic heterocycles. The molecule has 1 N–H and O–H groups in total. The quantitative estimate of drug-likeness (QED) is 0.364. The normalized spacial score (nSPS) is 16.6. The number of hydrogen-bond acceptors (Lipinski definition) is 6. The summed E-state index contributed by atoms with van der Waals surface area (Å²) in [6.45, 7) is 7.47. The number of benzene rings is 1. The molecule has 0 bridgehead atoms. The first kappa shape index (κ1) is 20.6. The summed E-state index contributed by atoms with van der Waals surface area (Å²) in [5.41, 5.74) is 1.35. The fourth-order valence-electron chi connectivity index (χ4n) is 2.83. The third-order valence-electron chi connectivity index (χ3n) is 4.60. The lowest BCUT2D eigenvalue weighted by molar-refractivity contribution is 0.438. The predicted molar refractivity (Wildman–Crippen MR) is 109 cm³/mol. The molecule has 2 rings (SSSR count). The van der Waals surface area contributed by atoms with Gasteiger partial charge in [-0.15, -0.1) is 0 Å². The first-order valence-electron chi connectivity index (χ1n) is 8.70. The van der Waals surface area contributed by atoms with Gasteiger partial charge in [0.1, 0.15) is 0 Å². The average Bonchev–Trinajstić information content (AvgIpc) is 2.61. The van der Waals surface area contributed by atoms with Crippen molar-refractivity contribution < 1.29 is 8.42 Å². The Morgan fingerprint density at radius 1 is 1.38 bits per heavy atom. The molecule has 1 aromatic rings. The summed E-state index contributed by atoms with van der Waals surface area (Å²) in [6, 6.07) is 5.33. The van der Waals surface area contributed by atoms with Crippen LogP contribution in [0.3, 0.4) is 0 Å². The van der Waals surface area contributed by atoms with E-state index in [2.05, 4.69) is 22.1 Å². The van der Waals surface area contributed by atoms with Gasteiger partial charge in [-0.05, 0) is 57.1 Å². The van der Waals surface area contributed by atoms with Crippen molar-refractivity contribution in [3.05, 3.63) is 18.2 Å². The second-order valence-corrected chi connectivity index (χ2v) is 10.0. The van der Waals surface area contributed by atoms with Crippen molar-refractivity contribution >= 4 is 38.1 Å². The van der Waals surface area contributed by atoms with Crippen LogP contribution in [0, 0.1) is 17.4 Å². The van der Waals surface area contributed by atoms with Gasteiger partial charge in [-0.1, -0.05) is 18.7 Å². The van der Waals surface area contributed by atoms with Gasteiger partial charge in [0, 0.05) is 18.8 Å². The maximum absolute atomic E-state index is 12.7. The van der Waals surface area contributed by atoms with E-state index in [-0.39, 0.29) is 4.90 Å². The van der Waals surface area contributed by atoms with Crippen LogP contribution in [-0.2, 0) is 9.84 Å². The zero-order chi connectivity index (χ0) is 19.3. The molecule has 26 heavy (non-hydrogen) atoms. The summed E-state index contributed by atoms with van der Waals surface area (Å²) in [7, 11) is -3.48. The lowest BCUT2D eigenvalue weighted by atomic mass is 9.99. The minimum atomic E-state index is -3.48. The fourth-order valence-corrected chi connectivity index (χ4v) is 4.33. The number of nitrogens with zero attached hydrogens (tertiary/aromatic N) is 3. The number of piperidine rings is 1. The van der Waals surface area contributed by atoms with Crippen LogP contribution in [0.2, 0.25) is 0 Å². The lowest BCUT2D eigenvalue weighted by Crippen LogP contribution is -2.32. The number of rotatable bonds is 4. The maximum atomic E-state index is 12.7. The molecule has 1 aliphatic rings. The first-order valence-corrected chi connectivity index (χ1v) is 11.5. The van der Waals surface area contributed by atoms with Crippen molar-refractivity contribution in [2.75, 3.05) is 24.2 Å². The van der Waals surface area contributed by atoms with Gasteiger partial charge in [0.25, 0.3) is 0 Å². The Kier molecular flexibility index (Phi) is 6.95. The molecule has 1 heterocycles. The summed E-state index contributed by atoms with van der Waals surface area (Å²) in [4.78, 5) is 6.89. The van der Waals surface area contributed by atoms with Crippen LogP contribution >= 0.6 is 11.8 Å². The van der Waals surface area contributed by atoms with E-state index in [1.807, 2.05) is 18.3 Å². The summed E-state index contributed by atoms with van der Waals surface area (Å²) < 4.78 is 25.5. The van der Waals surface area contributed by atoms with Crippen LogP contribution < -0.4 is 10.2 Å². The summed E-state index contributed by atoms with van der Waals surface area (Å²) >= 11 is 1.27. The Labute approximate surface area is 160 Å². The van der Waals surface area contributed by atoms with Crippen molar-refractivity contribution in [3.8, 4) is 6.19 Å². The van der Waals surface area contributed by atoms with E-state index in [1.54, 1.807) is 26.2 Å². The first-order chi connectivity index (χ1) is 12.3. The van der Waals surface area contributed by atoms with Crippen LogP contribution in [-0.4, -0.2) is 38.2 Å². The van der Waals surface area contributed by atoms with E-state index in [4.69, 9.17) is 5.26 Å². The Hall–Kier alpha value is -1.72. The van der Waals surface area contributed by atoms with Crippen LogP contribution in [0.15, 0.2) is 28.1 Å². The van der Waals surface area contributed by atoms with Crippen LogP contribution in [0.25, 0.3) is 0 Å². The number of aliphatic imine (C=N–C) groups is 1. The second kappa shape index (κ2) is 8.78. The number of thioether (sulfide) groups is 1. The molecule has 0 aliphatic carbocycles. The topological polar surface area (TPSA) is 85.6 Å². The van der Waals surface area contributed by atoms with E-state index in [0.29, 0.717) is 16.8 Å². The standard InChI is InChI=1S/C18H26N4O2S2/c1-13(2)26(23,24)17-6-5-15(22-9-7-14(3)8-10-22)11-16(17)21-18(25-4)20-12-19/h5-6,11,13-14H,7-10H2,1-4H3,(H,20,21). The van der Waals surface area contributed by atoms with E-state index in [9.17, 15) is 8.42 Å². The third-order valence-corrected chi connectivity index (χ3v) is 7.38. The summed E-state index contributed by atoms with van der Waals surface area (Å²) in [5, 5.41) is 11.2. The van der Waals surface area contributed by atoms with Crippen molar-refractivity contribution in [2.45, 2.75) is 43.8 Å². The molecule has 0 amide bonds. The minimum Gasteiger partial charge on any atom is -0.371 e. The van der Waals surface area contributed by atoms with Crippen molar-refractivity contribution in [1.82, 2.24) is 5.32 Å². The van der Waals surface area contributed by atoms with E-state index in [0.717, 1.165) is 31.6 Å². The summed E-state index contributed by atoms with van der Waals surface area (Å²) in [5.74, 6) is 0.715. The summed E-state index contributed by atoms with van der Waals surface area (Å²) in [6.07, 6.45) is 5.87. The number of sulfone groups is 1. The molecule has 0 aromatic heterocycles. The molecule has 142 valence electrons. The highest BCUT2D eigenvalue weighted by molar-refractivity contribution is 8.13. The highest BCUT2D eigenvalue weighted by atomic mass is 32.2. The smallest absolute Gasteiger partial charge is 0.183 e. The largest absolute Gasteiger partial charge is 0.371 e.